The molecule has 1 fully saturated rings. The Hall–Kier alpha value is -1.09. The van der Waals surface area contributed by atoms with Crippen LogP contribution in [0, 0.1) is 0 Å². The molecule has 1 saturated carbocycles. The maximum atomic E-state index is 12.6. The van der Waals surface area contributed by atoms with Gasteiger partial charge in [-0.25, -0.2) is 0 Å². The monoisotopic (exact) mass is 274 g/mol. The Morgan fingerprint density at radius 2 is 2.05 bits per heavy atom. The molecule has 1 aromatic heterocycles. The molecule has 0 radical (unpaired) electrons. The van der Waals surface area contributed by atoms with Gasteiger partial charge in [0.2, 0.25) is 0 Å². The Kier molecular flexibility index (Phi) is 4.25. The number of fused-ring (bicyclic) bond motifs is 1. The van der Waals surface area contributed by atoms with E-state index < -0.39 is 0 Å². The average molecular weight is 274 g/mol. The Bertz CT molecular complexity index is 527. The molecule has 1 N–H and O–H groups in total. The van der Waals surface area contributed by atoms with Crippen molar-refractivity contribution in [2.45, 2.75) is 77.4 Å². The van der Waals surface area contributed by atoms with E-state index in [1.807, 2.05) is 4.57 Å². The molecular weight excluding hydrogens is 248 g/mol. The number of nitrogens with zero attached hydrogens (tertiary/aromatic N) is 1. The van der Waals surface area contributed by atoms with Crippen LogP contribution < -0.4 is 10.9 Å². The highest BCUT2D eigenvalue weighted by Gasteiger charge is 2.20. The second kappa shape index (κ2) is 6.13. The maximum absolute atomic E-state index is 12.6. The van der Waals surface area contributed by atoms with Crippen molar-refractivity contribution in [1.82, 2.24) is 9.88 Å². The molecule has 0 saturated heterocycles. The van der Waals surface area contributed by atoms with E-state index in [0.29, 0.717) is 6.04 Å². The van der Waals surface area contributed by atoms with E-state index in [0.717, 1.165) is 37.9 Å². The summed E-state index contributed by atoms with van der Waals surface area (Å²) in [6, 6.07) is 2.81. The van der Waals surface area contributed by atoms with Crippen LogP contribution in [0.5, 0.6) is 0 Å². The Morgan fingerprint density at radius 1 is 1.25 bits per heavy atom. The van der Waals surface area contributed by atoms with Crippen LogP contribution in [0.4, 0.5) is 0 Å². The number of nitrogens with one attached hydrogen (secondary N) is 1. The third-order valence-corrected chi connectivity index (χ3v) is 4.81. The molecule has 0 atom stereocenters. The van der Waals surface area contributed by atoms with Gasteiger partial charge in [-0.15, -0.1) is 0 Å². The van der Waals surface area contributed by atoms with Gasteiger partial charge in [-0.2, -0.15) is 0 Å². The Labute approximate surface area is 121 Å². The van der Waals surface area contributed by atoms with Gasteiger partial charge in [-0.05, 0) is 50.2 Å². The van der Waals surface area contributed by atoms with Crippen LogP contribution in [0.3, 0.4) is 0 Å². The lowest BCUT2D eigenvalue weighted by Crippen LogP contribution is -2.32. The molecule has 0 spiro atoms. The fraction of sp³-hybridized carbons (Fsp3) is 0.706. The summed E-state index contributed by atoms with van der Waals surface area (Å²) in [5.41, 5.74) is 3.95. The van der Waals surface area contributed by atoms with Crippen LogP contribution >= 0.6 is 0 Å². The van der Waals surface area contributed by atoms with Crippen molar-refractivity contribution in [1.29, 1.82) is 0 Å². The van der Waals surface area contributed by atoms with Crippen molar-refractivity contribution >= 4 is 0 Å². The second-order valence-corrected chi connectivity index (χ2v) is 6.31. The Morgan fingerprint density at radius 3 is 2.80 bits per heavy atom. The number of aryl methyl sites for hydroxylation is 1. The fourth-order valence-corrected chi connectivity index (χ4v) is 3.75. The fourth-order valence-electron chi connectivity index (χ4n) is 3.75. The van der Waals surface area contributed by atoms with Gasteiger partial charge < -0.3 is 9.88 Å². The van der Waals surface area contributed by atoms with Crippen molar-refractivity contribution in [3.05, 3.63) is 33.2 Å². The molecule has 2 aliphatic rings. The molecular formula is C17H26N2O. The van der Waals surface area contributed by atoms with Gasteiger partial charge in [0.05, 0.1) is 0 Å². The van der Waals surface area contributed by atoms with E-state index in [9.17, 15) is 4.79 Å². The van der Waals surface area contributed by atoms with Gasteiger partial charge in [0.25, 0.3) is 5.56 Å². The minimum Gasteiger partial charge on any atom is -0.312 e. The van der Waals surface area contributed by atoms with Crippen LogP contribution in [-0.4, -0.2) is 10.6 Å². The first-order chi connectivity index (χ1) is 9.79. The predicted octanol–water partition coefficient (Wildman–Crippen LogP) is 2.78. The van der Waals surface area contributed by atoms with Crippen molar-refractivity contribution in [2.24, 2.45) is 0 Å². The van der Waals surface area contributed by atoms with Crippen LogP contribution in [0.15, 0.2) is 10.9 Å². The van der Waals surface area contributed by atoms with Gasteiger partial charge in [0.1, 0.15) is 0 Å². The van der Waals surface area contributed by atoms with E-state index in [4.69, 9.17) is 0 Å². The summed E-state index contributed by atoms with van der Waals surface area (Å²) in [4.78, 5) is 12.6. The smallest absolute Gasteiger partial charge is 0.255 e. The Balaban J connectivity index is 1.83. The highest BCUT2D eigenvalue weighted by atomic mass is 16.1. The molecule has 0 aromatic carbocycles. The van der Waals surface area contributed by atoms with Crippen LogP contribution in [0.25, 0.3) is 0 Å². The molecule has 110 valence electrons. The summed E-state index contributed by atoms with van der Waals surface area (Å²) in [6.07, 6.45) is 9.69. The van der Waals surface area contributed by atoms with Crippen LogP contribution in [0.1, 0.15) is 62.3 Å². The highest BCUT2D eigenvalue weighted by molar-refractivity contribution is 5.30. The van der Waals surface area contributed by atoms with E-state index in [1.165, 1.54) is 43.4 Å². The quantitative estimate of drug-likeness (QED) is 0.896. The van der Waals surface area contributed by atoms with Gasteiger partial charge >= 0.3 is 0 Å². The lowest BCUT2D eigenvalue weighted by atomic mass is 10.1. The number of hydrogen-bond acceptors (Lipinski definition) is 2. The van der Waals surface area contributed by atoms with Crippen LogP contribution in [-0.2, 0) is 25.9 Å². The zero-order valence-corrected chi connectivity index (χ0v) is 12.6. The molecule has 0 bridgehead atoms. The molecule has 3 heteroatoms. The van der Waals surface area contributed by atoms with E-state index in [2.05, 4.69) is 18.3 Å². The maximum Gasteiger partial charge on any atom is 0.255 e. The molecule has 20 heavy (non-hydrogen) atoms. The molecule has 3 nitrogen and oxygen atoms in total. The van der Waals surface area contributed by atoms with E-state index >= 15 is 0 Å². The number of rotatable bonds is 5. The van der Waals surface area contributed by atoms with Gasteiger partial charge in [-0.1, -0.05) is 19.8 Å². The third-order valence-electron chi connectivity index (χ3n) is 4.81. The van der Waals surface area contributed by atoms with Crippen molar-refractivity contribution < 1.29 is 0 Å². The average Bonchev–Trinajstić information content (AvgIpc) is 3.10. The number of pyridine rings is 1. The predicted molar refractivity (Wildman–Crippen MR) is 82.1 cm³/mol. The zero-order valence-electron chi connectivity index (χ0n) is 12.6. The number of aromatic nitrogens is 1. The lowest BCUT2D eigenvalue weighted by molar-refractivity contribution is 0.517. The largest absolute Gasteiger partial charge is 0.312 e. The summed E-state index contributed by atoms with van der Waals surface area (Å²) in [5, 5.41) is 3.59. The first-order valence-corrected chi connectivity index (χ1v) is 8.27. The summed E-state index contributed by atoms with van der Waals surface area (Å²) in [5.74, 6) is 0. The standard InChI is InChI=1S/C17H26N2O/c1-2-10-19-16-9-5-6-13(16)11-14(17(19)20)12-18-15-7-3-4-8-15/h11,15,18H,2-10,12H2,1H3. The SMILES string of the molecule is CCCn1c2c(cc(CNC3CCCC3)c1=O)CCC2. The van der Waals surface area contributed by atoms with Gasteiger partial charge in [0, 0.05) is 30.4 Å². The summed E-state index contributed by atoms with van der Waals surface area (Å²) < 4.78 is 2.05. The summed E-state index contributed by atoms with van der Waals surface area (Å²) >= 11 is 0. The first-order valence-electron chi connectivity index (χ1n) is 8.27. The van der Waals surface area contributed by atoms with E-state index in [1.54, 1.807) is 0 Å². The number of hydrogen-bond donors (Lipinski definition) is 1. The van der Waals surface area contributed by atoms with E-state index in [-0.39, 0.29) is 5.56 Å². The first kappa shape index (κ1) is 13.9. The van der Waals surface area contributed by atoms with Crippen LogP contribution in [0.2, 0.25) is 0 Å². The molecule has 2 aliphatic carbocycles. The molecule has 0 aliphatic heterocycles. The van der Waals surface area contributed by atoms with Crippen molar-refractivity contribution in [3.63, 3.8) is 0 Å². The highest BCUT2D eigenvalue weighted by Crippen LogP contribution is 2.22. The molecule has 3 rings (SSSR count). The molecule has 1 aromatic rings. The summed E-state index contributed by atoms with van der Waals surface area (Å²) in [6.45, 7) is 3.77. The minimum absolute atomic E-state index is 0.248. The second-order valence-electron chi connectivity index (χ2n) is 6.31. The topological polar surface area (TPSA) is 34.0 Å². The normalized spacial score (nSPS) is 18.6. The van der Waals surface area contributed by atoms with Gasteiger partial charge in [0.15, 0.2) is 0 Å². The lowest BCUT2D eigenvalue weighted by Gasteiger charge is -2.16. The summed E-state index contributed by atoms with van der Waals surface area (Å²) in [7, 11) is 0. The third kappa shape index (κ3) is 2.69. The minimum atomic E-state index is 0.248. The molecule has 1 heterocycles. The van der Waals surface area contributed by atoms with Crippen molar-refractivity contribution in [2.75, 3.05) is 0 Å². The molecule has 0 unspecified atom stereocenters. The van der Waals surface area contributed by atoms with Gasteiger partial charge in [-0.3, -0.25) is 4.79 Å². The molecule has 0 amide bonds. The zero-order chi connectivity index (χ0) is 13.9. The van der Waals surface area contributed by atoms with Crippen molar-refractivity contribution in [3.8, 4) is 0 Å².